The predicted molar refractivity (Wildman–Crippen MR) is 106 cm³/mol. The second kappa shape index (κ2) is 6.90. The molecule has 0 spiro atoms. The van der Waals surface area contributed by atoms with E-state index in [4.69, 9.17) is 0 Å². The van der Waals surface area contributed by atoms with Crippen LogP contribution in [-0.4, -0.2) is 41.4 Å². The van der Waals surface area contributed by atoms with Crippen LogP contribution in [0, 0.1) is 0 Å². The van der Waals surface area contributed by atoms with Gasteiger partial charge >= 0.3 is 0 Å². The minimum Gasteiger partial charge on any atom is -0.335 e. The number of allylic oxidation sites excluding steroid dienone is 2. The van der Waals surface area contributed by atoms with Gasteiger partial charge in [-0.25, -0.2) is 4.98 Å². The number of carbonyl (C=O) groups is 1. The second-order valence-electron chi connectivity index (χ2n) is 7.02. The predicted octanol–water partition coefficient (Wildman–Crippen LogP) is 2.37. The number of aldehydes is 1. The summed E-state index contributed by atoms with van der Waals surface area (Å²) >= 11 is 0. The number of tetrazole rings is 1. The van der Waals surface area contributed by atoms with E-state index in [1.165, 1.54) is 5.56 Å². The van der Waals surface area contributed by atoms with Gasteiger partial charge in [-0.05, 0) is 34.9 Å². The Morgan fingerprint density at radius 3 is 2.97 bits per heavy atom. The lowest BCUT2D eigenvalue weighted by molar-refractivity contribution is -0.111. The zero-order valence-corrected chi connectivity index (χ0v) is 15.4. The monoisotopic (exact) mass is 383 g/mol. The van der Waals surface area contributed by atoms with Crippen molar-refractivity contribution < 1.29 is 4.79 Å². The van der Waals surface area contributed by atoms with Crippen molar-refractivity contribution in [2.75, 3.05) is 0 Å². The van der Waals surface area contributed by atoms with Crippen LogP contribution in [0.5, 0.6) is 0 Å². The first-order chi connectivity index (χ1) is 14.3. The summed E-state index contributed by atoms with van der Waals surface area (Å²) in [7, 11) is 0. The van der Waals surface area contributed by atoms with Gasteiger partial charge in [-0.15, -0.1) is 10.2 Å². The Balaban J connectivity index is 1.47. The van der Waals surface area contributed by atoms with Crippen LogP contribution in [0.2, 0.25) is 0 Å². The standard InChI is InChI=1S/C21H17N7O/c29-13-21(8-3-5-15-4-1-2-6-17(15)21)12-28-11-19(23-14-28)18-10-16(7-9-22-18)20-24-26-27-25-20/h1-4,6-11,13-14H,5,12H2,(H,24,25,26,27). The van der Waals surface area contributed by atoms with E-state index in [-0.39, 0.29) is 0 Å². The molecule has 29 heavy (non-hydrogen) atoms. The molecule has 0 fully saturated rings. The molecule has 1 unspecified atom stereocenters. The highest BCUT2D eigenvalue weighted by molar-refractivity contribution is 5.74. The summed E-state index contributed by atoms with van der Waals surface area (Å²) in [5.41, 5.74) is 3.73. The summed E-state index contributed by atoms with van der Waals surface area (Å²) in [6, 6.07) is 11.8. The highest BCUT2D eigenvalue weighted by atomic mass is 16.1. The van der Waals surface area contributed by atoms with Crippen LogP contribution < -0.4 is 0 Å². The van der Waals surface area contributed by atoms with Crippen LogP contribution in [-0.2, 0) is 23.2 Å². The first-order valence-corrected chi connectivity index (χ1v) is 9.22. The lowest BCUT2D eigenvalue weighted by atomic mass is 9.75. The number of fused-ring (bicyclic) bond motifs is 1. The summed E-state index contributed by atoms with van der Waals surface area (Å²) in [4.78, 5) is 21.1. The van der Waals surface area contributed by atoms with Gasteiger partial charge in [0.25, 0.3) is 0 Å². The molecule has 5 rings (SSSR count). The van der Waals surface area contributed by atoms with E-state index in [9.17, 15) is 4.79 Å². The molecule has 1 N–H and O–H groups in total. The van der Waals surface area contributed by atoms with Crippen LogP contribution in [0.4, 0.5) is 0 Å². The number of aromatic amines is 1. The fourth-order valence-corrected chi connectivity index (χ4v) is 3.79. The molecule has 1 aromatic carbocycles. The third-order valence-electron chi connectivity index (χ3n) is 5.19. The maximum absolute atomic E-state index is 12.2. The molecular formula is C21H17N7O. The average Bonchev–Trinajstić information content (AvgIpc) is 3.47. The number of pyridine rings is 1. The van der Waals surface area contributed by atoms with Crippen LogP contribution in [0.3, 0.4) is 0 Å². The number of aromatic nitrogens is 7. The normalized spacial score (nSPS) is 17.8. The maximum atomic E-state index is 12.2. The average molecular weight is 383 g/mol. The fraction of sp³-hybridized carbons (Fsp3) is 0.143. The van der Waals surface area contributed by atoms with E-state index in [0.29, 0.717) is 23.8 Å². The van der Waals surface area contributed by atoms with Gasteiger partial charge in [0.05, 0.1) is 17.4 Å². The lowest BCUT2D eigenvalue weighted by Gasteiger charge is -2.30. The summed E-state index contributed by atoms with van der Waals surface area (Å²) in [6.07, 6.45) is 11.2. The largest absolute Gasteiger partial charge is 0.335 e. The quantitative estimate of drug-likeness (QED) is 0.419. The number of carbonyl (C=O) groups excluding carboxylic acids is 1. The third-order valence-corrected chi connectivity index (χ3v) is 5.19. The van der Waals surface area contributed by atoms with Gasteiger partial charge in [0, 0.05) is 24.5 Å². The third kappa shape index (κ3) is 3.04. The molecule has 3 heterocycles. The molecule has 8 nitrogen and oxygen atoms in total. The van der Waals surface area contributed by atoms with Crippen molar-refractivity contribution in [3.05, 3.63) is 78.4 Å². The van der Waals surface area contributed by atoms with Crippen molar-refractivity contribution in [3.8, 4) is 22.8 Å². The summed E-state index contributed by atoms with van der Waals surface area (Å²) in [6.45, 7) is 0.474. The zero-order valence-electron chi connectivity index (χ0n) is 15.4. The van der Waals surface area contributed by atoms with Crippen LogP contribution in [0.15, 0.2) is 67.3 Å². The summed E-state index contributed by atoms with van der Waals surface area (Å²) in [5, 5.41) is 14.0. The Morgan fingerprint density at radius 1 is 1.17 bits per heavy atom. The molecule has 3 aromatic heterocycles. The topological polar surface area (TPSA) is 102 Å². The van der Waals surface area contributed by atoms with Crippen LogP contribution in [0.25, 0.3) is 22.8 Å². The van der Waals surface area contributed by atoms with E-state index in [1.807, 2.05) is 47.2 Å². The number of benzene rings is 1. The molecule has 0 radical (unpaired) electrons. The van der Waals surface area contributed by atoms with Gasteiger partial charge < -0.3 is 9.36 Å². The van der Waals surface area contributed by atoms with Gasteiger partial charge in [-0.2, -0.15) is 5.21 Å². The van der Waals surface area contributed by atoms with Gasteiger partial charge in [0.1, 0.15) is 12.0 Å². The molecule has 1 aliphatic carbocycles. The summed E-state index contributed by atoms with van der Waals surface area (Å²) < 4.78 is 1.93. The number of imidazole rings is 1. The highest BCUT2D eigenvalue weighted by Gasteiger charge is 2.33. The van der Waals surface area contributed by atoms with Crippen molar-refractivity contribution in [1.29, 1.82) is 0 Å². The second-order valence-corrected chi connectivity index (χ2v) is 7.02. The van der Waals surface area contributed by atoms with Gasteiger partial charge in [0.15, 0.2) is 0 Å². The van der Waals surface area contributed by atoms with E-state index in [1.54, 1.807) is 12.5 Å². The Labute approximate surface area is 166 Å². The SMILES string of the molecule is O=CC1(Cn2cnc(-c3cc(-c4nn[nH]n4)ccn3)c2)C=CCc2ccccc21. The molecule has 142 valence electrons. The van der Waals surface area contributed by atoms with Crippen molar-refractivity contribution in [2.24, 2.45) is 0 Å². The molecular weight excluding hydrogens is 366 g/mol. The van der Waals surface area contributed by atoms with Gasteiger partial charge in [-0.3, -0.25) is 4.98 Å². The molecule has 1 atom stereocenters. The number of nitrogens with zero attached hydrogens (tertiary/aromatic N) is 6. The minimum absolute atomic E-state index is 0.474. The van der Waals surface area contributed by atoms with Gasteiger partial charge in [-0.1, -0.05) is 36.4 Å². The first kappa shape index (κ1) is 17.2. The maximum Gasteiger partial charge on any atom is 0.204 e. The van der Waals surface area contributed by atoms with E-state index < -0.39 is 5.41 Å². The number of rotatable bonds is 5. The van der Waals surface area contributed by atoms with Crippen LogP contribution >= 0.6 is 0 Å². The number of hydrogen-bond donors (Lipinski definition) is 1. The van der Waals surface area contributed by atoms with E-state index >= 15 is 0 Å². The Bertz CT molecular complexity index is 1200. The molecule has 8 heteroatoms. The van der Waals surface area contributed by atoms with Crippen LogP contribution in [0.1, 0.15) is 11.1 Å². The Kier molecular flexibility index (Phi) is 4.09. The zero-order chi connectivity index (χ0) is 19.7. The number of nitrogens with one attached hydrogen (secondary N) is 1. The van der Waals surface area contributed by atoms with Crippen molar-refractivity contribution in [1.82, 2.24) is 35.2 Å². The molecule has 1 aliphatic rings. The van der Waals surface area contributed by atoms with Gasteiger partial charge in [0.2, 0.25) is 5.82 Å². The highest BCUT2D eigenvalue weighted by Crippen LogP contribution is 2.33. The first-order valence-electron chi connectivity index (χ1n) is 9.22. The fourth-order valence-electron chi connectivity index (χ4n) is 3.79. The molecule has 4 aromatic rings. The Morgan fingerprint density at radius 2 is 2.10 bits per heavy atom. The van der Waals surface area contributed by atoms with Crippen molar-refractivity contribution in [3.63, 3.8) is 0 Å². The van der Waals surface area contributed by atoms with Crippen molar-refractivity contribution in [2.45, 2.75) is 18.4 Å². The Hall–Kier alpha value is -3.94. The minimum atomic E-state index is -0.702. The van der Waals surface area contributed by atoms with Crippen molar-refractivity contribution >= 4 is 6.29 Å². The molecule has 0 saturated carbocycles. The molecule has 0 saturated heterocycles. The molecule has 0 amide bonds. The van der Waals surface area contributed by atoms with E-state index in [0.717, 1.165) is 23.8 Å². The molecule has 0 aliphatic heterocycles. The molecule has 0 bridgehead atoms. The van der Waals surface area contributed by atoms with E-state index in [2.05, 4.69) is 42.7 Å². The summed E-state index contributed by atoms with van der Waals surface area (Å²) in [5.74, 6) is 0.497. The smallest absolute Gasteiger partial charge is 0.204 e. The number of hydrogen-bond acceptors (Lipinski definition) is 6. The lowest BCUT2D eigenvalue weighted by Crippen LogP contribution is -2.33. The number of H-pyrrole nitrogens is 1.